The van der Waals surface area contributed by atoms with Gasteiger partial charge in [0.05, 0.1) is 18.2 Å². The highest BCUT2D eigenvalue weighted by Crippen LogP contribution is 2.31. The van der Waals surface area contributed by atoms with Crippen molar-refractivity contribution < 1.29 is 31.1 Å². The number of ether oxygens (including phenoxy) is 1. The molecule has 0 aliphatic carbocycles. The van der Waals surface area contributed by atoms with E-state index in [0.717, 1.165) is 12.1 Å². The molecule has 0 saturated heterocycles. The number of aryl methyl sites for hydroxylation is 1. The Balaban J connectivity index is 2.82. The average molecular weight is 316 g/mol. The van der Waals surface area contributed by atoms with Crippen molar-refractivity contribution in [3.63, 3.8) is 0 Å². The highest BCUT2D eigenvalue weighted by Gasteiger charge is 2.31. The second-order valence-corrected chi connectivity index (χ2v) is 4.42. The third-order valence-electron chi connectivity index (χ3n) is 2.72. The Bertz CT molecular complexity index is 472. The molecular weight excluding hydrogens is 302 g/mol. The van der Waals surface area contributed by atoms with E-state index in [9.17, 15) is 26.3 Å². The normalized spacial score (nSPS) is 14.3. The highest BCUT2D eigenvalue weighted by molar-refractivity contribution is 5.34. The van der Waals surface area contributed by atoms with Crippen LogP contribution in [-0.2, 0) is 10.9 Å². The maximum Gasteiger partial charge on any atom is 0.416 e. The molecule has 1 aromatic carbocycles. The molecule has 0 heterocycles. The van der Waals surface area contributed by atoms with Gasteiger partial charge in [-0.25, -0.2) is 0 Å². The summed E-state index contributed by atoms with van der Waals surface area (Å²) in [6.07, 6.45) is -8.96. The molecule has 9 heteroatoms. The van der Waals surface area contributed by atoms with Crippen LogP contribution >= 0.6 is 0 Å². The Morgan fingerprint density at radius 2 is 1.81 bits per heavy atom. The Kier molecular flexibility index (Phi) is 5.60. The van der Waals surface area contributed by atoms with Crippen LogP contribution in [0.2, 0.25) is 0 Å². The van der Waals surface area contributed by atoms with Gasteiger partial charge in [-0.05, 0) is 30.2 Å². The summed E-state index contributed by atoms with van der Waals surface area (Å²) in [6.45, 7) is -0.453. The third-order valence-corrected chi connectivity index (χ3v) is 2.72. The van der Waals surface area contributed by atoms with Crippen molar-refractivity contribution in [2.75, 3.05) is 13.2 Å². The topological polar surface area (TPSA) is 47.3 Å². The lowest BCUT2D eigenvalue weighted by Crippen LogP contribution is -2.33. The van der Waals surface area contributed by atoms with Crippen LogP contribution in [0.3, 0.4) is 0 Å². The summed E-state index contributed by atoms with van der Waals surface area (Å²) in [5.74, 6) is 5.21. The Labute approximate surface area is 117 Å². The van der Waals surface area contributed by atoms with Gasteiger partial charge in [0.25, 0.3) is 0 Å². The van der Waals surface area contributed by atoms with Crippen molar-refractivity contribution in [2.45, 2.75) is 25.3 Å². The number of benzene rings is 1. The zero-order valence-corrected chi connectivity index (χ0v) is 11.0. The van der Waals surface area contributed by atoms with Crippen LogP contribution in [0.25, 0.3) is 0 Å². The van der Waals surface area contributed by atoms with E-state index in [2.05, 4.69) is 10.2 Å². The fraction of sp³-hybridized carbons (Fsp3) is 0.500. The zero-order valence-electron chi connectivity index (χ0n) is 11.0. The predicted octanol–water partition coefficient (Wildman–Crippen LogP) is 3.10. The molecule has 0 bridgehead atoms. The summed E-state index contributed by atoms with van der Waals surface area (Å²) in [7, 11) is 0. The van der Waals surface area contributed by atoms with Crippen LogP contribution in [0.1, 0.15) is 22.7 Å². The molecule has 0 aliphatic rings. The maximum atomic E-state index is 12.5. The van der Waals surface area contributed by atoms with Gasteiger partial charge < -0.3 is 4.74 Å². The molecule has 21 heavy (non-hydrogen) atoms. The van der Waals surface area contributed by atoms with Crippen LogP contribution in [-0.4, -0.2) is 19.4 Å². The molecular formula is C12H14F6N2O. The monoisotopic (exact) mass is 316 g/mol. The van der Waals surface area contributed by atoms with Crippen molar-refractivity contribution in [1.82, 2.24) is 5.43 Å². The minimum absolute atomic E-state index is 0.253. The smallest absolute Gasteiger partial charge is 0.370 e. The third kappa shape index (κ3) is 5.52. The molecule has 0 saturated carbocycles. The number of hydrogen-bond donors (Lipinski definition) is 2. The molecule has 1 rings (SSSR count). The first-order valence-corrected chi connectivity index (χ1v) is 5.83. The summed E-state index contributed by atoms with van der Waals surface area (Å²) in [6, 6.07) is 2.08. The highest BCUT2D eigenvalue weighted by atomic mass is 19.4. The van der Waals surface area contributed by atoms with Gasteiger partial charge >= 0.3 is 12.4 Å². The second kappa shape index (κ2) is 6.63. The summed E-state index contributed by atoms with van der Waals surface area (Å²) >= 11 is 0. The van der Waals surface area contributed by atoms with Gasteiger partial charge in [0.1, 0.15) is 6.61 Å². The van der Waals surface area contributed by atoms with Crippen molar-refractivity contribution in [2.24, 2.45) is 5.84 Å². The van der Waals surface area contributed by atoms with Gasteiger partial charge in [-0.3, -0.25) is 11.3 Å². The number of nitrogens with one attached hydrogen (secondary N) is 1. The van der Waals surface area contributed by atoms with Crippen LogP contribution in [0.15, 0.2) is 18.2 Å². The van der Waals surface area contributed by atoms with E-state index in [1.54, 1.807) is 0 Å². The summed E-state index contributed by atoms with van der Waals surface area (Å²) in [5, 5.41) is 0. The molecule has 0 aromatic heterocycles. The van der Waals surface area contributed by atoms with E-state index in [-0.39, 0.29) is 5.56 Å². The van der Waals surface area contributed by atoms with Gasteiger partial charge in [0, 0.05) is 0 Å². The lowest BCUT2D eigenvalue weighted by atomic mass is 9.99. The number of hydrogen-bond acceptors (Lipinski definition) is 3. The SMILES string of the molecule is Cc1cc(C(F)(F)F)ccc1C(COCC(F)(F)F)NN. The molecule has 1 unspecified atom stereocenters. The minimum atomic E-state index is -4.48. The predicted molar refractivity (Wildman–Crippen MR) is 63.1 cm³/mol. The van der Waals surface area contributed by atoms with Crippen molar-refractivity contribution >= 4 is 0 Å². The molecule has 0 spiro atoms. The van der Waals surface area contributed by atoms with Gasteiger partial charge in [0.2, 0.25) is 0 Å². The minimum Gasteiger partial charge on any atom is -0.370 e. The average Bonchev–Trinajstić information content (AvgIpc) is 2.33. The van der Waals surface area contributed by atoms with Gasteiger partial charge in [-0.1, -0.05) is 6.07 Å². The molecule has 3 nitrogen and oxygen atoms in total. The first-order chi connectivity index (χ1) is 9.54. The molecule has 120 valence electrons. The number of halogens is 6. The van der Waals surface area contributed by atoms with Gasteiger partial charge in [-0.2, -0.15) is 26.3 Å². The number of nitrogens with two attached hydrogens (primary N) is 1. The fourth-order valence-electron chi connectivity index (χ4n) is 1.76. The van der Waals surface area contributed by atoms with Crippen LogP contribution in [0, 0.1) is 6.92 Å². The van der Waals surface area contributed by atoms with Gasteiger partial charge in [0.15, 0.2) is 0 Å². The second-order valence-electron chi connectivity index (χ2n) is 4.42. The van der Waals surface area contributed by atoms with Crippen LogP contribution in [0.4, 0.5) is 26.3 Å². The molecule has 1 atom stereocenters. The van der Waals surface area contributed by atoms with Crippen molar-refractivity contribution in [1.29, 1.82) is 0 Å². The molecule has 0 aliphatic heterocycles. The first kappa shape index (κ1) is 17.7. The molecule has 0 amide bonds. The number of hydrazine groups is 1. The lowest BCUT2D eigenvalue weighted by molar-refractivity contribution is -0.175. The fourth-order valence-corrected chi connectivity index (χ4v) is 1.76. The summed E-state index contributed by atoms with van der Waals surface area (Å²) in [4.78, 5) is 0. The van der Waals surface area contributed by atoms with Crippen LogP contribution in [0.5, 0.6) is 0 Å². The zero-order chi connectivity index (χ0) is 16.3. The van der Waals surface area contributed by atoms with E-state index in [0.29, 0.717) is 5.56 Å². The van der Waals surface area contributed by atoms with E-state index in [4.69, 9.17) is 5.84 Å². The summed E-state index contributed by atoms with van der Waals surface area (Å²) in [5.41, 5.74) is 1.99. The van der Waals surface area contributed by atoms with E-state index >= 15 is 0 Å². The van der Waals surface area contributed by atoms with E-state index in [1.165, 1.54) is 13.0 Å². The van der Waals surface area contributed by atoms with Crippen molar-refractivity contribution in [3.8, 4) is 0 Å². The lowest BCUT2D eigenvalue weighted by Gasteiger charge is -2.20. The van der Waals surface area contributed by atoms with E-state index in [1.807, 2.05) is 0 Å². The maximum absolute atomic E-state index is 12.5. The van der Waals surface area contributed by atoms with Crippen LogP contribution < -0.4 is 11.3 Å². The Morgan fingerprint density at radius 1 is 1.19 bits per heavy atom. The molecule has 0 radical (unpaired) electrons. The molecule has 1 aromatic rings. The molecule has 3 N–H and O–H groups in total. The number of alkyl halides is 6. The Hall–Kier alpha value is -1.32. The standard InChI is InChI=1S/C12H14F6N2O/c1-7-4-8(12(16,17)18)2-3-9(7)10(20-19)5-21-6-11(13,14)15/h2-4,10,20H,5-6,19H2,1H3. The van der Waals surface area contributed by atoms with Crippen molar-refractivity contribution in [3.05, 3.63) is 34.9 Å². The van der Waals surface area contributed by atoms with E-state index < -0.39 is 37.2 Å². The Morgan fingerprint density at radius 3 is 2.24 bits per heavy atom. The summed E-state index contributed by atoms with van der Waals surface area (Å²) < 4.78 is 78.0. The van der Waals surface area contributed by atoms with Gasteiger partial charge in [-0.15, -0.1) is 0 Å². The quantitative estimate of drug-likeness (QED) is 0.498. The first-order valence-electron chi connectivity index (χ1n) is 5.83. The largest absolute Gasteiger partial charge is 0.416 e. The molecule has 0 fully saturated rings. The number of rotatable bonds is 5.